The molecule has 15 heavy (non-hydrogen) atoms. The first-order chi connectivity index (χ1) is 7.20. The molecule has 2 aromatic rings. The van der Waals surface area contributed by atoms with E-state index in [-0.39, 0.29) is 5.91 Å². The molecule has 2 heterocycles. The Hall–Kier alpha value is -1.40. The molecular weight excluding hydrogens is 214 g/mol. The molecule has 80 valence electrons. The minimum atomic E-state index is -0.163. The summed E-state index contributed by atoms with van der Waals surface area (Å²) in [5.41, 5.74) is 4.16. The summed E-state index contributed by atoms with van der Waals surface area (Å²) < 4.78 is 1.93. The lowest BCUT2D eigenvalue weighted by atomic mass is 10.3. The molecule has 0 aromatic carbocycles. The lowest BCUT2D eigenvalue weighted by Gasteiger charge is -2.00. The van der Waals surface area contributed by atoms with Gasteiger partial charge in [-0.2, -0.15) is 0 Å². The van der Waals surface area contributed by atoms with E-state index in [1.54, 1.807) is 0 Å². The summed E-state index contributed by atoms with van der Waals surface area (Å²) >= 11 is 1.53. The lowest BCUT2D eigenvalue weighted by Crippen LogP contribution is -2.24. The van der Waals surface area contributed by atoms with E-state index < -0.39 is 0 Å². The highest BCUT2D eigenvalue weighted by Gasteiger charge is 2.09. The summed E-state index contributed by atoms with van der Waals surface area (Å²) in [5, 5.41) is 1.93. The predicted octanol–water partition coefficient (Wildman–Crippen LogP) is 0.924. The van der Waals surface area contributed by atoms with Gasteiger partial charge in [0.1, 0.15) is 0 Å². The van der Waals surface area contributed by atoms with Gasteiger partial charge >= 0.3 is 0 Å². The maximum atomic E-state index is 11.3. The lowest BCUT2D eigenvalue weighted by molar-refractivity contribution is -0.130. The number of rotatable bonds is 3. The predicted molar refractivity (Wildman–Crippen MR) is 56.7 cm³/mol. The summed E-state index contributed by atoms with van der Waals surface area (Å²) in [5.74, 6) is -0.163. The Morgan fingerprint density at radius 3 is 3.27 bits per heavy atom. The number of nitrogens with zero attached hydrogens (tertiary/aromatic N) is 2. The average Bonchev–Trinajstić information content (AvgIpc) is 2.67. The Labute approximate surface area is 90.6 Å². The number of amides is 1. The fourth-order valence-corrected chi connectivity index (χ4v) is 2.30. The second kappa shape index (κ2) is 4.00. The van der Waals surface area contributed by atoms with Gasteiger partial charge in [0.2, 0.25) is 5.91 Å². The van der Waals surface area contributed by atoms with E-state index in [4.69, 9.17) is 0 Å². The Bertz CT molecular complexity index is 488. The molecule has 0 atom stereocenters. The van der Waals surface area contributed by atoms with Gasteiger partial charge in [-0.3, -0.25) is 14.0 Å². The zero-order chi connectivity index (χ0) is 10.8. The third kappa shape index (κ3) is 2.00. The van der Waals surface area contributed by atoms with Crippen molar-refractivity contribution in [1.82, 2.24) is 14.9 Å². The fourth-order valence-electron chi connectivity index (χ4n) is 1.38. The molecule has 0 bridgehead atoms. The van der Waals surface area contributed by atoms with Crippen LogP contribution in [0.15, 0.2) is 11.6 Å². The van der Waals surface area contributed by atoms with Crippen LogP contribution in [-0.4, -0.2) is 22.4 Å². The zero-order valence-electron chi connectivity index (χ0n) is 8.48. The van der Waals surface area contributed by atoms with Crippen LogP contribution in [0.2, 0.25) is 0 Å². The summed E-state index contributed by atoms with van der Waals surface area (Å²) in [6, 6.07) is 0. The van der Waals surface area contributed by atoms with Gasteiger partial charge in [-0.15, -0.1) is 11.3 Å². The number of aryl methyl sites for hydroxylation is 1. The summed E-state index contributed by atoms with van der Waals surface area (Å²) in [7, 11) is 1.42. The van der Waals surface area contributed by atoms with Crippen LogP contribution in [0.1, 0.15) is 11.4 Å². The molecule has 5 nitrogen and oxygen atoms in total. The van der Waals surface area contributed by atoms with E-state index in [2.05, 4.69) is 15.3 Å². The molecule has 0 saturated carbocycles. The first kappa shape index (κ1) is 10.1. The van der Waals surface area contributed by atoms with Gasteiger partial charge in [0.25, 0.3) is 0 Å². The largest absolute Gasteiger partial charge is 0.294 e. The van der Waals surface area contributed by atoms with Crippen molar-refractivity contribution in [3.05, 3.63) is 23.0 Å². The number of hydrogen-bond acceptors (Lipinski definition) is 4. The number of nitrogens with one attached hydrogen (secondary N) is 1. The first-order valence-electron chi connectivity index (χ1n) is 4.44. The second-order valence-corrected chi connectivity index (χ2v) is 4.00. The van der Waals surface area contributed by atoms with Crippen LogP contribution in [0.4, 0.5) is 0 Å². The van der Waals surface area contributed by atoms with Crippen LogP contribution in [0.3, 0.4) is 0 Å². The molecule has 0 aliphatic rings. The van der Waals surface area contributed by atoms with Crippen molar-refractivity contribution in [2.75, 3.05) is 7.11 Å². The number of carbonyl (C=O) groups is 1. The van der Waals surface area contributed by atoms with Crippen molar-refractivity contribution < 1.29 is 9.63 Å². The number of aromatic nitrogens is 2. The van der Waals surface area contributed by atoms with Crippen molar-refractivity contribution in [2.24, 2.45) is 0 Å². The highest BCUT2D eigenvalue weighted by molar-refractivity contribution is 7.15. The van der Waals surface area contributed by atoms with E-state index in [9.17, 15) is 4.79 Å². The van der Waals surface area contributed by atoms with E-state index >= 15 is 0 Å². The number of hydrogen-bond donors (Lipinski definition) is 1. The molecule has 0 spiro atoms. The second-order valence-electron chi connectivity index (χ2n) is 3.17. The maximum absolute atomic E-state index is 11.3. The van der Waals surface area contributed by atoms with E-state index in [0.717, 1.165) is 16.3 Å². The van der Waals surface area contributed by atoms with Crippen molar-refractivity contribution in [2.45, 2.75) is 13.3 Å². The van der Waals surface area contributed by atoms with E-state index in [1.807, 2.05) is 22.9 Å². The van der Waals surface area contributed by atoms with Gasteiger partial charge in [0.05, 0.1) is 19.2 Å². The van der Waals surface area contributed by atoms with Gasteiger partial charge in [0, 0.05) is 17.3 Å². The van der Waals surface area contributed by atoms with Gasteiger partial charge in [-0.1, -0.05) is 0 Å². The first-order valence-corrected chi connectivity index (χ1v) is 5.32. The molecular formula is C9H11N3O2S. The van der Waals surface area contributed by atoms with E-state index in [1.165, 1.54) is 18.4 Å². The fraction of sp³-hybridized carbons (Fsp3) is 0.333. The molecule has 0 aliphatic heterocycles. The Kier molecular flexibility index (Phi) is 2.70. The van der Waals surface area contributed by atoms with Crippen molar-refractivity contribution >= 4 is 22.2 Å². The summed E-state index contributed by atoms with van der Waals surface area (Å²) in [4.78, 5) is 21.1. The maximum Gasteiger partial charge on any atom is 0.249 e. The SMILES string of the molecule is CONC(=O)Cc1csc2nc(C)cn12. The number of hydroxylamine groups is 1. The van der Waals surface area contributed by atoms with Crippen molar-refractivity contribution in [1.29, 1.82) is 0 Å². The molecule has 1 N–H and O–H groups in total. The third-order valence-electron chi connectivity index (χ3n) is 1.96. The highest BCUT2D eigenvalue weighted by atomic mass is 32.1. The van der Waals surface area contributed by atoms with Gasteiger partial charge in [0.15, 0.2) is 4.96 Å². The minimum Gasteiger partial charge on any atom is -0.294 e. The topological polar surface area (TPSA) is 55.6 Å². The third-order valence-corrected chi connectivity index (χ3v) is 2.85. The average molecular weight is 225 g/mol. The number of thiazole rings is 1. The summed E-state index contributed by atoms with van der Waals surface area (Å²) in [6.45, 7) is 1.93. The smallest absolute Gasteiger partial charge is 0.249 e. The Morgan fingerprint density at radius 2 is 2.53 bits per heavy atom. The number of carbonyl (C=O) groups excluding carboxylic acids is 1. The number of fused-ring (bicyclic) bond motifs is 1. The van der Waals surface area contributed by atoms with Crippen LogP contribution in [0, 0.1) is 6.92 Å². The molecule has 0 saturated heterocycles. The zero-order valence-corrected chi connectivity index (χ0v) is 9.30. The van der Waals surface area contributed by atoms with Crippen LogP contribution in [0.25, 0.3) is 4.96 Å². The Morgan fingerprint density at radius 1 is 1.73 bits per heavy atom. The molecule has 0 radical (unpaired) electrons. The van der Waals surface area contributed by atoms with Crippen LogP contribution in [-0.2, 0) is 16.1 Å². The summed E-state index contributed by atoms with van der Waals surface area (Å²) in [6.07, 6.45) is 2.21. The van der Waals surface area contributed by atoms with Gasteiger partial charge in [-0.05, 0) is 6.92 Å². The molecule has 2 rings (SSSR count). The van der Waals surface area contributed by atoms with Crippen LogP contribution < -0.4 is 5.48 Å². The van der Waals surface area contributed by atoms with Crippen LogP contribution >= 0.6 is 11.3 Å². The van der Waals surface area contributed by atoms with E-state index in [0.29, 0.717) is 6.42 Å². The monoisotopic (exact) mass is 225 g/mol. The Balaban J connectivity index is 2.24. The van der Waals surface area contributed by atoms with Crippen molar-refractivity contribution in [3.63, 3.8) is 0 Å². The van der Waals surface area contributed by atoms with Gasteiger partial charge in [-0.25, -0.2) is 10.5 Å². The molecule has 1 amide bonds. The molecule has 0 unspecified atom stereocenters. The minimum absolute atomic E-state index is 0.163. The quantitative estimate of drug-likeness (QED) is 0.790. The normalized spacial score (nSPS) is 10.8. The highest BCUT2D eigenvalue weighted by Crippen LogP contribution is 2.16. The molecule has 6 heteroatoms. The molecule has 2 aromatic heterocycles. The van der Waals surface area contributed by atoms with Crippen LogP contribution in [0.5, 0.6) is 0 Å². The van der Waals surface area contributed by atoms with Crippen molar-refractivity contribution in [3.8, 4) is 0 Å². The van der Waals surface area contributed by atoms with Gasteiger partial charge < -0.3 is 0 Å². The molecule has 0 fully saturated rings. The molecule has 0 aliphatic carbocycles. The standard InChI is InChI=1S/C9H11N3O2S/c1-6-4-12-7(3-8(13)11-14-2)5-15-9(12)10-6/h4-5H,3H2,1-2H3,(H,11,13). The number of imidazole rings is 1.